The molecule has 0 aliphatic carbocycles. The molecular weight excluding hydrogens is 414 g/mol. The van der Waals surface area contributed by atoms with Gasteiger partial charge in [0.15, 0.2) is 5.82 Å². The second-order valence-electron chi connectivity index (χ2n) is 9.46. The summed E-state index contributed by atoms with van der Waals surface area (Å²) in [5, 5.41) is 23.8. The van der Waals surface area contributed by atoms with E-state index in [1.807, 2.05) is 24.3 Å². The number of methoxy groups -OCH3 is 1. The maximum absolute atomic E-state index is 10.8. The molecule has 1 unspecified atom stereocenters. The number of hydrogen-bond acceptors (Lipinski definition) is 7. The third-order valence-corrected chi connectivity index (χ3v) is 7.41. The number of hydrogen-bond donors (Lipinski definition) is 2. The van der Waals surface area contributed by atoms with Crippen LogP contribution >= 0.6 is 0 Å². The Balaban J connectivity index is 1.28. The van der Waals surface area contributed by atoms with E-state index in [1.165, 1.54) is 31.2 Å². The number of benzene rings is 1. The van der Waals surface area contributed by atoms with Gasteiger partial charge in [-0.15, -0.1) is 10.2 Å². The topological polar surface area (TPSA) is 83.4 Å². The first kappa shape index (κ1) is 20.4. The molecule has 3 aliphatic heterocycles. The van der Waals surface area contributed by atoms with Crippen LogP contribution in [-0.4, -0.2) is 52.1 Å². The standard InChI is InChI=1S/C26H29N5O2/c1-33-25-13-17(8-9-27-25)16-4-7-22(24(32)12-16)23-11-18-3-2-10-31(26(18)30-29-23)21-14-19-5-6-20(15-21)28-19/h4,7-9,11-13,19-21,28,32H,2-3,5-6,10,14-15H2,1H3/t19-,20+,21?. The van der Waals surface area contributed by atoms with Crippen LogP contribution in [0.2, 0.25) is 0 Å². The lowest BCUT2D eigenvalue weighted by Gasteiger charge is -2.41. The zero-order valence-electron chi connectivity index (χ0n) is 18.9. The third-order valence-electron chi connectivity index (χ3n) is 7.41. The molecule has 33 heavy (non-hydrogen) atoms. The Hall–Kier alpha value is -3.19. The monoisotopic (exact) mass is 443 g/mol. The zero-order chi connectivity index (χ0) is 22.4. The van der Waals surface area contributed by atoms with Crippen LogP contribution in [0.3, 0.4) is 0 Å². The molecule has 3 aliphatic rings. The van der Waals surface area contributed by atoms with Crippen molar-refractivity contribution in [1.29, 1.82) is 0 Å². The molecule has 2 N–H and O–H groups in total. The summed E-state index contributed by atoms with van der Waals surface area (Å²) < 4.78 is 5.22. The fraction of sp³-hybridized carbons (Fsp3) is 0.423. The van der Waals surface area contributed by atoms with Gasteiger partial charge in [-0.2, -0.15) is 0 Å². The van der Waals surface area contributed by atoms with Crippen molar-refractivity contribution < 1.29 is 9.84 Å². The van der Waals surface area contributed by atoms with E-state index in [4.69, 9.17) is 4.74 Å². The number of phenolic OH excluding ortho intramolecular Hbond substituents is 1. The van der Waals surface area contributed by atoms with Gasteiger partial charge in [-0.3, -0.25) is 0 Å². The molecular formula is C26H29N5O2. The number of phenols is 1. The quantitative estimate of drug-likeness (QED) is 0.632. The summed E-state index contributed by atoms with van der Waals surface area (Å²) in [6.07, 6.45) is 8.83. The van der Waals surface area contributed by atoms with Crippen molar-refractivity contribution in [1.82, 2.24) is 20.5 Å². The minimum absolute atomic E-state index is 0.195. The van der Waals surface area contributed by atoms with Crippen LogP contribution < -0.4 is 15.0 Å². The molecule has 3 atom stereocenters. The summed E-state index contributed by atoms with van der Waals surface area (Å²) >= 11 is 0. The zero-order valence-corrected chi connectivity index (χ0v) is 18.9. The molecule has 3 aromatic rings. The van der Waals surface area contributed by atoms with Crippen molar-refractivity contribution in [3.63, 3.8) is 0 Å². The van der Waals surface area contributed by atoms with Crippen molar-refractivity contribution in [2.75, 3.05) is 18.6 Å². The van der Waals surface area contributed by atoms with Gasteiger partial charge in [-0.05, 0) is 79.5 Å². The van der Waals surface area contributed by atoms with Gasteiger partial charge in [0.25, 0.3) is 0 Å². The molecule has 0 spiro atoms. The molecule has 2 fully saturated rings. The maximum atomic E-state index is 10.8. The highest BCUT2D eigenvalue weighted by atomic mass is 16.5. The molecule has 0 radical (unpaired) electrons. The van der Waals surface area contributed by atoms with Crippen LogP contribution in [-0.2, 0) is 6.42 Å². The SMILES string of the molecule is COc1cc(-c2ccc(-c3cc4c(nn3)N(C3C[C@H]5CC[C@@H](C3)N5)CCC4)c(O)c2)ccn1. The number of fused-ring (bicyclic) bond motifs is 3. The van der Waals surface area contributed by atoms with Crippen LogP contribution in [0.1, 0.15) is 37.7 Å². The number of nitrogens with one attached hydrogen (secondary N) is 1. The molecule has 0 saturated carbocycles. The maximum Gasteiger partial charge on any atom is 0.213 e. The predicted octanol–water partition coefficient (Wildman–Crippen LogP) is 3.96. The lowest BCUT2D eigenvalue weighted by Crippen LogP contribution is -2.50. The van der Waals surface area contributed by atoms with Gasteiger partial charge in [-0.1, -0.05) is 6.07 Å². The van der Waals surface area contributed by atoms with Gasteiger partial charge < -0.3 is 20.1 Å². The van der Waals surface area contributed by atoms with Crippen molar-refractivity contribution in [3.05, 3.63) is 48.2 Å². The number of anilines is 1. The first-order valence-corrected chi connectivity index (χ1v) is 11.9. The summed E-state index contributed by atoms with van der Waals surface area (Å²) in [5.41, 5.74) is 4.49. The van der Waals surface area contributed by atoms with Crippen molar-refractivity contribution in [2.24, 2.45) is 0 Å². The van der Waals surface area contributed by atoms with E-state index >= 15 is 0 Å². The molecule has 0 amide bonds. The van der Waals surface area contributed by atoms with Gasteiger partial charge >= 0.3 is 0 Å². The Morgan fingerprint density at radius 3 is 2.64 bits per heavy atom. The first-order valence-electron chi connectivity index (χ1n) is 11.9. The third kappa shape index (κ3) is 3.80. The Morgan fingerprint density at radius 2 is 1.85 bits per heavy atom. The van der Waals surface area contributed by atoms with Crippen LogP contribution in [0.25, 0.3) is 22.4 Å². The highest BCUT2D eigenvalue weighted by Gasteiger charge is 2.37. The molecule has 2 aromatic heterocycles. The van der Waals surface area contributed by atoms with Gasteiger partial charge in [0, 0.05) is 42.5 Å². The van der Waals surface area contributed by atoms with E-state index in [0.29, 0.717) is 29.6 Å². The lowest BCUT2D eigenvalue weighted by atomic mass is 9.94. The van der Waals surface area contributed by atoms with E-state index in [2.05, 4.69) is 31.5 Å². The average molecular weight is 444 g/mol. The summed E-state index contributed by atoms with van der Waals surface area (Å²) in [6, 6.07) is 13.4. The Morgan fingerprint density at radius 1 is 1.03 bits per heavy atom. The average Bonchev–Trinajstić information content (AvgIpc) is 3.20. The number of aryl methyl sites for hydroxylation is 1. The molecule has 2 bridgehead atoms. The van der Waals surface area contributed by atoms with E-state index < -0.39 is 0 Å². The van der Waals surface area contributed by atoms with Crippen LogP contribution in [0.15, 0.2) is 42.6 Å². The largest absolute Gasteiger partial charge is 0.507 e. The summed E-state index contributed by atoms with van der Waals surface area (Å²) in [7, 11) is 1.60. The number of pyridine rings is 1. The van der Waals surface area contributed by atoms with E-state index in [1.54, 1.807) is 19.4 Å². The first-order chi connectivity index (χ1) is 16.2. The second-order valence-corrected chi connectivity index (χ2v) is 9.46. The highest BCUT2D eigenvalue weighted by Crippen LogP contribution is 2.38. The Bertz CT molecular complexity index is 1170. The number of aromatic nitrogens is 3. The normalized spacial score (nSPS) is 23.9. The number of piperidine rings is 1. The van der Waals surface area contributed by atoms with Gasteiger partial charge in [0.05, 0.1) is 12.8 Å². The highest BCUT2D eigenvalue weighted by molar-refractivity contribution is 5.75. The molecule has 2 saturated heterocycles. The summed E-state index contributed by atoms with van der Waals surface area (Å²) in [5.74, 6) is 1.78. The molecule has 7 heteroatoms. The van der Waals surface area contributed by atoms with Crippen LogP contribution in [0.5, 0.6) is 11.6 Å². The second kappa shape index (κ2) is 8.30. The van der Waals surface area contributed by atoms with Crippen LogP contribution in [0.4, 0.5) is 5.82 Å². The summed E-state index contributed by atoms with van der Waals surface area (Å²) in [4.78, 5) is 6.65. The van der Waals surface area contributed by atoms with Crippen LogP contribution in [0, 0.1) is 0 Å². The Kier molecular flexibility index (Phi) is 5.14. The van der Waals surface area contributed by atoms with E-state index in [-0.39, 0.29) is 5.75 Å². The fourth-order valence-electron chi connectivity index (χ4n) is 5.79. The summed E-state index contributed by atoms with van der Waals surface area (Å²) in [6.45, 7) is 1.06. The minimum atomic E-state index is 0.195. The Labute approximate surface area is 193 Å². The smallest absolute Gasteiger partial charge is 0.213 e. The van der Waals surface area contributed by atoms with Gasteiger partial charge in [0.2, 0.25) is 5.88 Å². The van der Waals surface area contributed by atoms with Crippen molar-refractivity contribution >= 4 is 5.82 Å². The number of rotatable bonds is 4. The number of nitrogens with zero attached hydrogens (tertiary/aromatic N) is 4. The number of ether oxygens (including phenoxy) is 1. The lowest BCUT2D eigenvalue weighted by molar-refractivity contribution is 0.341. The number of aromatic hydroxyl groups is 1. The molecule has 7 nitrogen and oxygen atoms in total. The molecule has 1 aromatic carbocycles. The van der Waals surface area contributed by atoms with E-state index in [0.717, 1.165) is 42.0 Å². The van der Waals surface area contributed by atoms with Gasteiger partial charge in [0.1, 0.15) is 5.75 Å². The predicted molar refractivity (Wildman–Crippen MR) is 128 cm³/mol. The van der Waals surface area contributed by atoms with E-state index in [9.17, 15) is 5.11 Å². The fourth-order valence-corrected chi connectivity index (χ4v) is 5.79. The van der Waals surface area contributed by atoms with Crippen molar-refractivity contribution in [2.45, 2.75) is 56.7 Å². The van der Waals surface area contributed by atoms with Gasteiger partial charge in [-0.25, -0.2) is 4.98 Å². The minimum Gasteiger partial charge on any atom is -0.507 e. The molecule has 6 rings (SSSR count). The molecule has 170 valence electrons. The van der Waals surface area contributed by atoms with Crippen molar-refractivity contribution in [3.8, 4) is 34.0 Å². The molecule has 5 heterocycles.